The van der Waals surface area contributed by atoms with Gasteiger partial charge in [0, 0.05) is 44.9 Å². The SMILES string of the molecule is CN(CCC(Oc1ccccc1CC=O)c1cccs1)C(=O)OCC[Si](C)(C)C. The summed E-state index contributed by atoms with van der Waals surface area (Å²) in [6, 6.07) is 12.6. The molecule has 0 radical (unpaired) electrons. The highest BCUT2D eigenvalue weighted by Gasteiger charge is 2.20. The summed E-state index contributed by atoms with van der Waals surface area (Å²) in [7, 11) is 0.526. The quantitative estimate of drug-likeness (QED) is 0.351. The Balaban J connectivity index is 1.98. The first-order chi connectivity index (χ1) is 13.8. The summed E-state index contributed by atoms with van der Waals surface area (Å²) in [4.78, 5) is 25.9. The van der Waals surface area contributed by atoms with Crippen LogP contribution in [-0.2, 0) is 16.0 Å². The Hall–Kier alpha value is -2.12. The van der Waals surface area contributed by atoms with E-state index < -0.39 is 8.07 Å². The summed E-state index contributed by atoms with van der Waals surface area (Å²) in [5.74, 6) is 0.707. The molecule has 0 spiro atoms. The van der Waals surface area contributed by atoms with Gasteiger partial charge in [0.2, 0.25) is 0 Å². The maximum absolute atomic E-state index is 12.3. The number of amides is 1. The largest absolute Gasteiger partial charge is 0.485 e. The van der Waals surface area contributed by atoms with Gasteiger partial charge in [0.05, 0.1) is 6.61 Å². The fraction of sp³-hybridized carbons (Fsp3) is 0.455. The minimum Gasteiger partial charge on any atom is -0.485 e. The third-order valence-electron chi connectivity index (χ3n) is 4.52. The van der Waals surface area contributed by atoms with Crippen LogP contribution in [0.4, 0.5) is 4.79 Å². The molecule has 1 unspecified atom stereocenters. The molecule has 1 aromatic heterocycles. The number of carbonyl (C=O) groups is 2. The molecule has 2 aromatic rings. The summed E-state index contributed by atoms with van der Waals surface area (Å²) in [6.07, 6.45) is 1.34. The average molecular weight is 434 g/mol. The van der Waals surface area contributed by atoms with Crippen molar-refractivity contribution in [1.82, 2.24) is 4.90 Å². The van der Waals surface area contributed by atoms with E-state index in [-0.39, 0.29) is 12.2 Å². The van der Waals surface area contributed by atoms with Crippen LogP contribution in [0.3, 0.4) is 0 Å². The third kappa shape index (κ3) is 8.02. The first-order valence-corrected chi connectivity index (χ1v) is 14.5. The standard InChI is InChI=1S/C22H31NO4SSi/c1-23(22(25)26-15-17-29(2,3)4)13-11-20(21-10-7-16-28-21)27-19-9-6-5-8-18(19)12-14-24/h5-10,14,16,20H,11-13,15,17H2,1-4H3. The van der Waals surface area contributed by atoms with Crippen molar-refractivity contribution in [2.24, 2.45) is 0 Å². The lowest BCUT2D eigenvalue weighted by atomic mass is 10.1. The van der Waals surface area contributed by atoms with Gasteiger partial charge >= 0.3 is 6.09 Å². The zero-order chi connectivity index (χ0) is 21.3. The second-order valence-electron chi connectivity index (χ2n) is 8.24. The van der Waals surface area contributed by atoms with Crippen molar-refractivity contribution in [3.8, 4) is 5.75 Å². The van der Waals surface area contributed by atoms with Crippen molar-refractivity contribution in [3.05, 3.63) is 52.2 Å². The molecule has 1 amide bonds. The molecule has 29 heavy (non-hydrogen) atoms. The molecule has 1 heterocycles. The highest BCUT2D eigenvalue weighted by molar-refractivity contribution is 7.10. The van der Waals surface area contributed by atoms with Crippen LogP contribution in [-0.4, -0.2) is 45.6 Å². The maximum atomic E-state index is 12.3. The smallest absolute Gasteiger partial charge is 0.409 e. The van der Waals surface area contributed by atoms with Gasteiger partial charge in [0.25, 0.3) is 0 Å². The first kappa shape index (κ1) is 23.2. The van der Waals surface area contributed by atoms with Gasteiger partial charge in [-0.25, -0.2) is 4.79 Å². The molecular weight excluding hydrogens is 402 g/mol. The molecule has 1 atom stereocenters. The minimum atomic E-state index is -1.23. The lowest BCUT2D eigenvalue weighted by Gasteiger charge is -2.23. The van der Waals surface area contributed by atoms with Gasteiger partial charge in [-0.1, -0.05) is 43.9 Å². The molecule has 1 aromatic carbocycles. The van der Waals surface area contributed by atoms with Crippen molar-refractivity contribution in [3.63, 3.8) is 0 Å². The molecule has 7 heteroatoms. The monoisotopic (exact) mass is 433 g/mol. The molecule has 0 saturated heterocycles. The van der Waals surface area contributed by atoms with E-state index in [0.29, 0.717) is 31.7 Å². The van der Waals surface area contributed by atoms with Crippen molar-refractivity contribution in [2.75, 3.05) is 20.2 Å². The van der Waals surface area contributed by atoms with Crippen LogP contribution in [0, 0.1) is 0 Å². The fourth-order valence-corrected chi connectivity index (χ4v) is 4.22. The van der Waals surface area contributed by atoms with Gasteiger partial charge in [-0.3, -0.25) is 0 Å². The van der Waals surface area contributed by atoms with Crippen molar-refractivity contribution in [2.45, 2.75) is 44.6 Å². The number of aldehydes is 1. The van der Waals surface area contributed by atoms with E-state index in [9.17, 15) is 9.59 Å². The average Bonchev–Trinajstić information content (AvgIpc) is 3.20. The van der Waals surface area contributed by atoms with Crippen LogP contribution in [0.2, 0.25) is 25.7 Å². The number of hydrogen-bond donors (Lipinski definition) is 0. The summed E-state index contributed by atoms with van der Waals surface area (Å²) in [5, 5.41) is 2.01. The third-order valence-corrected chi connectivity index (χ3v) is 7.19. The number of carbonyl (C=O) groups excluding carboxylic acids is 2. The van der Waals surface area contributed by atoms with E-state index >= 15 is 0 Å². The fourth-order valence-electron chi connectivity index (χ4n) is 2.72. The lowest BCUT2D eigenvalue weighted by molar-refractivity contribution is -0.107. The van der Waals surface area contributed by atoms with E-state index in [1.165, 1.54) is 0 Å². The zero-order valence-electron chi connectivity index (χ0n) is 17.7. The van der Waals surface area contributed by atoms with Crippen LogP contribution >= 0.6 is 11.3 Å². The van der Waals surface area contributed by atoms with E-state index in [1.54, 1.807) is 23.3 Å². The molecule has 2 rings (SSSR count). The topological polar surface area (TPSA) is 55.8 Å². The molecule has 0 fully saturated rings. The molecule has 0 aliphatic rings. The van der Waals surface area contributed by atoms with Gasteiger partial charge in [0.1, 0.15) is 18.1 Å². The van der Waals surface area contributed by atoms with Crippen molar-refractivity contribution < 1.29 is 19.1 Å². The van der Waals surface area contributed by atoms with Crippen LogP contribution in [0.5, 0.6) is 5.75 Å². The first-order valence-electron chi connectivity index (χ1n) is 9.89. The lowest BCUT2D eigenvalue weighted by Crippen LogP contribution is -2.31. The molecule has 0 bridgehead atoms. The van der Waals surface area contributed by atoms with Crippen LogP contribution in [0.15, 0.2) is 41.8 Å². The van der Waals surface area contributed by atoms with Crippen molar-refractivity contribution in [1.29, 1.82) is 0 Å². The normalized spacial score (nSPS) is 12.3. The Kier molecular flexibility index (Phi) is 8.91. The Bertz CT molecular complexity index is 773. The summed E-state index contributed by atoms with van der Waals surface area (Å²) < 4.78 is 11.7. The van der Waals surface area contributed by atoms with Gasteiger partial charge in [-0.05, 0) is 23.6 Å². The van der Waals surface area contributed by atoms with Crippen LogP contribution < -0.4 is 4.74 Å². The highest BCUT2D eigenvalue weighted by atomic mass is 32.1. The van der Waals surface area contributed by atoms with Gasteiger partial charge < -0.3 is 19.2 Å². The van der Waals surface area contributed by atoms with E-state index in [1.807, 2.05) is 41.8 Å². The number of nitrogens with zero attached hydrogens (tertiary/aromatic N) is 1. The number of hydrogen-bond acceptors (Lipinski definition) is 5. The number of thiophene rings is 1. The Morgan fingerprint density at radius 1 is 1.21 bits per heavy atom. The predicted octanol–water partition coefficient (Wildman–Crippen LogP) is 5.41. The molecule has 0 aliphatic heterocycles. The molecule has 158 valence electrons. The highest BCUT2D eigenvalue weighted by Crippen LogP contribution is 2.30. The summed E-state index contributed by atoms with van der Waals surface area (Å²) in [6.45, 7) is 7.77. The second kappa shape index (κ2) is 11.2. The van der Waals surface area contributed by atoms with E-state index in [2.05, 4.69) is 19.6 Å². The Morgan fingerprint density at radius 3 is 2.62 bits per heavy atom. The zero-order valence-corrected chi connectivity index (χ0v) is 19.5. The number of rotatable bonds is 11. The van der Waals surface area contributed by atoms with E-state index in [0.717, 1.165) is 22.8 Å². The molecule has 0 N–H and O–H groups in total. The number of para-hydroxylation sites is 1. The molecular formula is C22H31NO4SSi. The van der Waals surface area contributed by atoms with Crippen molar-refractivity contribution >= 4 is 31.8 Å². The number of benzene rings is 1. The maximum Gasteiger partial charge on any atom is 0.409 e. The molecule has 5 nitrogen and oxygen atoms in total. The summed E-state index contributed by atoms with van der Waals surface area (Å²) in [5.41, 5.74) is 0.864. The Morgan fingerprint density at radius 2 is 1.97 bits per heavy atom. The van der Waals surface area contributed by atoms with Gasteiger partial charge in [0.15, 0.2) is 0 Å². The summed E-state index contributed by atoms with van der Waals surface area (Å²) >= 11 is 1.62. The molecule has 0 aliphatic carbocycles. The van der Waals surface area contributed by atoms with Gasteiger partial charge in [-0.2, -0.15) is 0 Å². The number of ether oxygens (including phenoxy) is 2. The van der Waals surface area contributed by atoms with E-state index in [4.69, 9.17) is 9.47 Å². The van der Waals surface area contributed by atoms with Crippen LogP contribution in [0.1, 0.15) is 23.0 Å². The minimum absolute atomic E-state index is 0.194. The second-order valence-corrected chi connectivity index (χ2v) is 14.8. The van der Waals surface area contributed by atoms with Gasteiger partial charge in [-0.15, -0.1) is 11.3 Å². The Labute approximate surface area is 178 Å². The predicted molar refractivity (Wildman–Crippen MR) is 121 cm³/mol. The molecule has 0 saturated carbocycles. The van der Waals surface area contributed by atoms with Crippen LogP contribution in [0.25, 0.3) is 0 Å².